The van der Waals surface area contributed by atoms with Gasteiger partial charge in [0.05, 0.1) is 11.0 Å². The van der Waals surface area contributed by atoms with Crippen LogP contribution in [0.1, 0.15) is 12.0 Å². The summed E-state index contributed by atoms with van der Waals surface area (Å²) in [6.07, 6.45) is 5.84. The van der Waals surface area contributed by atoms with Gasteiger partial charge in [-0.15, -0.1) is 0 Å². The maximum absolute atomic E-state index is 14.1. The Kier molecular flexibility index (Phi) is 6.22. The van der Waals surface area contributed by atoms with Crippen molar-refractivity contribution in [2.75, 3.05) is 18.1 Å². The molecule has 31 heavy (non-hydrogen) atoms. The van der Waals surface area contributed by atoms with E-state index in [9.17, 15) is 13.6 Å². The summed E-state index contributed by atoms with van der Waals surface area (Å²) < 4.78 is 35.6. The SMILES string of the molecule is Cc1cccc(OCC(=O)N(CCCn2ccnc2)c2nc3c(F)cc(F)cc3s2)c1. The molecule has 2 aromatic heterocycles. The van der Waals surface area contributed by atoms with Gasteiger partial charge >= 0.3 is 0 Å². The van der Waals surface area contributed by atoms with Crippen LogP contribution in [0.5, 0.6) is 5.75 Å². The van der Waals surface area contributed by atoms with Crippen LogP contribution in [0.25, 0.3) is 10.2 Å². The number of aryl methyl sites for hydroxylation is 2. The fourth-order valence-corrected chi connectivity index (χ4v) is 4.19. The molecule has 0 unspecified atom stereocenters. The highest BCUT2D eigenvalue weighted by molar-refractivity contribution is 7.22. The summed E-state index contributed by atoms with van der Waals surface area (Å²) >= 11 is 1.07. The minimum Gasteiger partial charge on any atom is -0.484 e. The zero-order valence-electron chi connectivity index (χ0n) is 16.8. The Hall–Kier alpha value is -3.33. The Balaban J connectivity index is 1.54. The van der Waals surface area contributed by atoms with E-state index >= 15 is 0 Å². The summed E-state index contributed by atoms with van der Waals surface area (Å²) in [6, 6.07) is 9.41. The molecule has 0 aliphatic rings. The molecule has 0 bridgehead atoms. The lowest BCUT2D eigenvalue weighted by Gasteiger charge is -2.20. The maximum atomic E-state index is 14.1. The number of hydrogen-bond acceptors (Lipinski definition) is 5. The number of halogens is 2. The van der Waals surface area contributed by atoms with Gasteiger partial charge in [-0.1, -0.05) is 23.5 Å². The van der Waals surface area contributed by atoms with E-state index in [1.165, 1.54) is 11.0 Å². The molecule has 0 aliphatic heterocycles. The number of imidazole rings is 1. The van der Waals surface area contributed by atoms with Crippen LogP contribution < -0.4 is 9.64 Å². The first kappa shape index (κ1) is 20.9. The first-order chi connectivity index (χ1) is 15.0. The van der Waals surface area contributed by atoms with Crippen LogP contribution in [-0.4, -0.2) is 33.6 Å². The van der Waals surface area contributed by atoms with E-state index in [0.717, 1.165) is 23.0 Å². The zero-order valence-corrected chi connectivity index (χ0v) is 17.6. The van der Waals surface area contributed by atoms with Gasteiger partial charge in [0.1, 0.15) is 17.1 Å². The van der Waals surface area contributed by atoms with Crippen molar-refractivity contribution in [3.8, 4) is 5.75 Å². The molecule has 1 amide bonds. The third-order valence-electron chi connectivity index (χ3n) is 4.64. The lowest BCUT2D eigenvalue weighted by molar-refractivity contribution is -0.120. The fraction of sp³-hybridized carbons (Fsp3) is 0.227. The highest BCUT2D eigenvalue weighted by Crippen LogP contribution is 2.31. The quantitative estimate of drug-likeness (QED) is 0.401. The number of fused-ring (bicyclic) bond motifs is 1. The number of carbonyl (C=O) groups is 1. The van der Waals surface area contributed by atoms with Crippen molar-refractivity contribution in [3.63, 3.8) is 0 Å². The average molecular weight is 442 g/mol. The number of ether oxygens (including phenoxy) is 1. The summed E-state index contributed by atoms with van der Waals surface area (Å²) in [5, 5.41) is 0.308. The molecule has 0 radical (unpaired) electrons. The highest BCUT2D eigenvalue weighted by Gasteiger charge is 2.22. The van der Waals surface area contributed by atoms with Gasteiger partial charge in [0.2, 0.25) is 0 Å². The molecule has 0 aliphatic carbocycles. The van der Waals surface area contributed by atoms with Crippen LogP contribution >= 0.6 is 11.3 Å². The molecule has 0 atom stereocenters. The molecular formula is C22H20F2N4O2S. The van der Waals surface area contributed by atoms with E-state index in [-0.39, 0.29) is 18.0 Å². The average Bonchev–Trinajstić information content (AvgIpc) is 3.39. The second-order valence-electron chi connectivity index (χ2n) is 7.04. The Labute approximate surface area is 181 Å². The van der Waals surface area contributed by atoms with Gasteiger partial charge in [0, 0.05) is 31.5 Å². The van der Waals surface area contributed by atoms with Crippen molar-refractivity contribution in [1.29, 1.82) is 0 Å². The molecule has 160 valence electrons. The minimum atomic E-state index is -0.751. The molecule has 4 rings (SSSR count). The predicted molar refractivity (Wildman–Crippen MR) is 115 cm³/mol. The van der Waals surface area contributed by atoms with Crippen molar-refractivity contribution in [3.05, 3.63) is 72.3 Å². The largest absolute Gasteiger partial charge is 0.484 e. The van der Waals surface area contributed by atoms with Crippen molar-refractivity contribution in [1.82, 2.24) is 14.5 Å². The molecular weight excluding hydrogens is 422 g/mol. The van der Waals surface area contributed by atoms with E-state index in [2.05, 4.69) is 9.97 Å². The van der Waals surface area contributed by atoms with Gasteiger partial charge in [0.15, 0.2) is 17.6 Å². The first-order valence-corrected chi connectivity index (χ1v) is 10.5. The Bertz CT molecular complexity index is 1190. The number of carbonyl (C=O) groups excluding carboxylic acids is 1. The van der Waals surface area contributed by atoms with Gasteiger partial charge in [-0.3, -0.25) is 9.69 Å². The number of thiazole rings is 1. The second-order valence-corrected chi connectivity index (χ2v) is 8.04. The normalized spacial score (nSPS) is 11.1. The summed E-state index contributed by atoms with van der Waals surface area (Å²) in [4.78, 5) is 22.7. The Morgan fingerprint density at radius 2 is 2.13 bits per heavy atom. The number of nitrogens with zero attached hydrogens (tertiary/aromatic N) is 4. The van der Waals surface area contributed by atoms with Crippen molar-refractivity contribution >= 4 is 32.6 Å². The lowest BCUT2D eigenvalue weighted by Crippen LogP contribution is -2.36. The summed E-state index contributed by atoms with van der Waals surface area (Å²) in [5.74, 6) is -1.16. The van der Waals surface area contributed by atoms with Gasteiger partial charge in [-0.2, -0.15) is 0 Å². The summed E-state index contributed by atoms with van der Waals surface area (Å²) in [5.41, 5.74) is 1.07. The number of amides is 1. The Morgan fingerprint density at radius 3 is 2.90 bits per heavy atom. The third kappa shape index (κ3) is 5.05. The third-order valence-corrected chi connectivity index (χ3v) is 5.67. The van der Waals surface area contributed by atoms with Crippen LogP contribution in [-0.2, 0) is 11.3 Å². The number of anilines is 1. The van der Waals surface area contributed by atoms with E-state index < -0.39 is 11.6 Å². The zero-order chi connectivity index (χ0) is 21.8. The van der Waals surface area contributed by atoms with Crippen molar-refractivity contribution in [2.45, 2.75) is 19.9 Å². The molecule has 2 aromatic carbocycles. The smallest absolute Gasteiger partial charge is 0.266 e. The van der Waals surface area contributed by atoms with Crippen molar-refractivity contribution < 1.29 is 18.3 Å². The van der Waals surface area contributed by atoms with E-state index in [4.69, 9.17) is 4.74 Å². The number of hydrogen-bond donors (Lipinski definition) is 0. The number of benzene rings is 2. The van der Waals surface area contributed by atoms with E-state index in [1.807, 2.05) is 35.9 Å². The van der Waals surface area contributed by atoms with Crippen LogP contribution in [0.2, 0.25) is 0 Å². The monoisotopic (exact) mass is 442 g/mol. The molecule has 6 nitrogen and oxygen atoms in total. The molecule has 0 fully saturated rings. The fourth-order valence-electron chi connectivity index (χ4n) is 3.15. The highest BCUT2D eigenvalue weighted by atomic mass is 32.1. The Morgan fingerprint density at radius 1 is 1.26 bits per heavy atom. The molecule has 4 aromatic rings. The van der Waals surface area contributed by atoms with E-state index in [1.54, 1.807) is 18.6 Å². The van der Waals surface area contributed by atoms with Crippen LogP contribution in [0.3, 0.4) is 0 Å². The lowest BCUT2D eigenvalue weighted by atomic mass is 10.2. The topological polar surface area (TPSA) is 60.2 Å². The standard InChI is InChI=1S/C22H20F2N4O2S/c1-15-4-2-5-17(10-15)30-13-20(29)28(8-3-7-27-9-6-25-14-27)22-26-21-18(24)11-16(23)12-19(21)31-22/h2,4-6,9-12,14H,3,7-8,13H2,1H3. The van der Waals surface area contributed by atoms with Crippen LogP contribution in [0.4, 0.5) is 13.9 Å². The van der Waals surface area contributed by atoms with Gasteiger partial charge < -0.3 is 9.30 Å². The van der Waals surface area contributed by atoms with Gasteiger partial charge in [-0.25, -0.2) is 18.7 Å². The van der Waals surface area contributed by atoms with Gasteiger partial charge in [0.25, 0.3) is 5.91 Å². The second kappa shape index (κ2) is 9.22. The van der Waals surface area contributed by atoms with E-state index in [0.29, 0.717) is 35.1 Å². The van der Waals surface area contributed by atoms with Crippen LogP contribution in [0, 0.1) is 18.6 Å². The summed E-state index contributed by atoms with van der Waals surface area (Å²) in [6.45, 7) is 2.74. The molecule has 0 spiro atoms. The van der Waals surface area contributed by atoms with Crippen molar-refractivity contribution in [2.24, 2.45) is 0 Å². The molecule has 0 N–H and O–H groups in total. The molecule has 9 heteroatoms. The molecule has 0 saturated heterocycles. The minimum absolute atomic E-state index is 0.0495. The van der Waals surface area contributed by atoms with Crippen LogP contribution in [0.15, 0.2) is 55.1 Å². The maximum Gasteiger partial charge on any atom is 0.266 e. The van der Waals surface area contributed by atoms with Gasteiger partial charge in [-0.05, 0) is 37.1 Å². The molecule has 0 saturated carbocycles. The first-order valence-electron chi connectivity index (χ1n) is 9.71. The number of rotatable bonds is 8. The summed E-state index contributed by atoms with van der Waals surface area (Å²) in [7, 11) is 0. The molecule has 2 heterocycles. The predicted octanol–water partition coefficient (Wildman–Crippen LogP) is 4.58. The number of aromatic nitrogens is 3.